The summed E-state index contributed by atoms with van der Waals surface area (Å²) in [6.45, 7) is 9.46. The first-order valence-electron chi connectivity index (χ1n) is 7.50. The van der Waals surface area contributed by atoms with Gasteiger partial charge in [0.2, 0.25) is 0 Å². The van der Waals surface area contributed by atoms with Crippen molar-refractivity contribution >= 4 is 6.09 Å². The lowest BCUT2D eigenvalue weighted by molar-refractivity contribution is 0.0119. The van der Waals surface area contributed by atoms with Gasteiger partial charge in [-0.1, -0.05) is 23.8 Å². The minimum absolute atomic E-state index is 0.234. The van der Waals surface area contributed by atoms with Crippen molar-refractivity contribution in [3.05, 3.63) is 34.9 Å². The standard InChI is InChI=1S/C17H27NO4/c1-11-6-7-13(12(2)10-11)15(20)14(19)8-9-18-16(21)22-17(3,4)5/h6-7,10,14-15,19-20H,8-9H2,1-5H3,(H,18,21). The van der Waals surface area contributed by atoms with Crippen LogP contribution in [0.4, 0.5) is 4.79 Å². The van der Waals surface area contributed by atoms with Crippen molar-refractivity contribution in [3.63, 3.8) is 0 Å². The van der Waals surface area contributed by atoms with Crippen LogP contribution in [0.15, 0.2) is 18.2 Å². The Morgan fingerprint density at radius 1 is 1.27 bits per heavy atom. The fourth-order valence-electron chi connectivity index (χ4n) is 2.16. The zero-order valence-corrected chi connectivity index (χ0v) is 14.0. The molecule has 0 saturated heterocycles. The van der Waals surface area contributed by atoms with Crippen molar-refractivity contribution in [1.82, 2.24) is 5.32 Å². The fourth-order valence-corrected chi connectivity index (χ4v) is 2.16. The van der Waals surface area contributed by atoms with E-state index in [0.717, 1.165) is 11.1 Å². The second-order valence-electron chi connectivity index (χ2n) is 6.59. The van der Waals surface area contributed by atoms with Crippen molar-refractivity contribution in [1.29, 1.82) is 0 Å². The monoisotopic (exact) mass is 309 g/mol. The maximum atomic E-state index is 11.5. The second kappa shape index (κ2) is 7.61. The molecule has 2 atom stereocenters. The summed E-state index contributed by atoms with van der Waals surface area (Å²) in [6.07, 6.45) is -2.20. The summed E-state index contributed by atoms with van der Waals surface area (Å²) in [5.74, 6) is 0. The predicted molar refractivity (Wildman–Crippen MR) is 85.7 cm³/mol. The molecule has 0 aliphatic carbocycles. The lowest BCUT2D eigenvalue weighted by atomic mass is 9.96. The first-order valence-corrected chi connectivity index (χ1v) is 7.50. The van der Waals surface area contributed by atoms with Crippen molar-refractivity contribution in [2.45, 2.75) is 58.8 Å². The molecule has 3 N–H and O–H groups in total. The number of benzene rings is 1. The Morgan fingerprint density at radius 2 is 1.91 bits per heavy atom. The van der Waals surface area contributed by atoms with E-state index in [0.29, 0.717) is 5.56 Å². The molecule has 1 amide bonds. The van der Waals surface area contributed by atoms with Gasteiger partial charge < -0.3 is 20.3 Å². The number of nitrogens with one attached hydrogen (secondary N) is 1. The molecule has 1 rings (SSSR count). The normalized spacial score (nSPS) is 14.3. The zero-order chi connectivity index (χ0) is 16.9. The van der Waals surface area contributed by atoms with E-state index >= 15 is 0 Å². The third kappa shape index (κ3) is 6.03. The highest BCUT2D eigenvalue weighted by Crippen LogP contribution is 2.23. The fraction of sp³-hybridized carbons (Fsp3) is 0.588. The molecular formula is C17H27NO4. The molecule has 0 radical (unpaired) electrons. The molecule has 0 aliphatic heterocycles. The Hall–Kier alpha value is -1.59. The van der Waals surface area contributed by atoms with Gasteiger partial charge in [0, 0.05) is 6.54 Å². The molecule has 1 aromatic rings. The smallest absolute Gasteiger partial charge is 0.407 e. The van der Waals surface area contributed by atoms with Gasteiger partial charge in [-0.2, -0.15) is 0 Å². The molecule has 5 nitrogen and oxygen atoms in total. The van der Waals surface area contributed by atoms with E-state index in [1.54, 1.807) is 20.8 Å². The number of hydrogen-bond acceptors (Lipinski definition) is 4. The number of aliphatic hydroxyl groups is 2. The summed E-state index contributed by atoms with van der Waals surface area (Å²) in [7, 11) is 0. The van der Waals surface area contributed by atoms with Gasteiger partial charge in [0.1, 0.15) is 11.7 Å². The van der Waals surface area contributed by atoms with Crippen LogP contribution in [0.25, 0.3) is 0 Å². The number of carbonyl (C=O) groups is 1. The SMILES string of the molecule is Cc1ccc(C(O)C(O)CCNC(=O)OC(C)(C)C)c(C)c1. The Balaban J connectivity index is 2.48. The molecule has 0 heterocycles. The molecule has 2 unspecified atom stereocenters. The van der Waals surface area contributed by atoms with Crippen LogP contribution in [0, 0.1) is 13.8 Å². The molecule has 0 bridgehead atoms. The van der Waals surface area contributed by atoms with E-state index in [-0.39, 0.29) is 13.0 Å². The van der Waals surface area contributed by atoms with Crippen LogP contribution in [-0.4, -0.2) is 34.6 Å². The molecule has 0 fully saturated rings. The summed E-state index contributed by atoms with van der Waals surface area (Å²) in [4.78, 5) is 11.5. The van der Waals surface area contributed by atoms with Gasteiger partial charge in [-0.05, 0) is 52.2 Å². The Labute approximate surface area is 132 Å². The number of amides is 1. The van der Waals surface area contributed by atoms with E-state index in [4.69, 9.17) is 4.74 Å². The third-order valence-corrected chi connectivity index (χ3v) is 3.22. The lowest BCUT2D eigenvalue weighted by Crippen LogP contribution is -2.34. The number of aryl methyl sites for hydroxylation is 2. The summed E-state index contributed by atoms with van der Waals surface area (Å²) in [5, 5.41) is 22.9. The van der Waals surface area contributed by atoms with Crippen LogP contribution in [0.3, 0.4) is 0 Å². The van der Waals surface area contributed by atoms with E-state index in [9.17, 15) is 15.0 Å². The summed E-state index contributed by atoms with van der Waals surface area (Å²) >= 11 is 0. The van der Waals surface area contributed by atoms with E-state index in [1.165, 1.54) is 0 Å². The van der Waals surface area contributed by atoms with Gasteiger partial charge in [0.15, 0.2) is 0 Å². The maximum absolute atomic E-state index is 11.5. The number of carbonyl (C=O) groups excluding carboxylic acids is 1. The lowest BCUT2D eigenvalue weighted by Gasteiger charge is -2.22. The molecule has 22 heavy (non-hydrogen) atoms. The highest BCUT2D eigenvalue weighted by molar-refractivity contribution is 5.67. The number of alkyl carbamates (subject to hydrolysis) is 1. The first kappa shape index (κ1) is 18.5. The van der Waals surface area contributed by atoms with E-state index in [2.05, 4.69) is 5.32 Å². The van der Waals surface area contributed by atoms with Gasteiger partial charge in [-0.25, -0.2) is 4.79 Å². The minimum Gasteiger partial charge on any atom is -0.444 e. The molecule has 0 aliphatic rings. The molecule has 0 spiro atoms. The zero-order valence-electron chi connectivity index (χ0n) is 14.0. The Kier molecular flexibility index (Phi) is 6.38. The molecular weight excluding hydrogens is 282 g/mol. The molecule has 5 heteroatoms. The van der Waals surface area contributed by atoms with Gasteiger partial charge in [-0.15, -0.1) is 0 Å². The van der Waals surface area contributed by atoms with Crippen molar-refractivity contribution in [2.75, 3.05) is 6.54 Å². The number of ether oxygens (including phenoxy) is 1. The Morgan fingerprint density at radius 3 is 2.45 bits per heavy atom. The van der Waals surface area contributed by atoms with Crippen LogP contribution in [0.1, 0.15) is 50.0 Å². The average molecular weight is 309 g/mol. The van der Waals surface area contributed by atoms with E-state index < -0.39 is 23.9 Å². The molecule has 1 aromatic carbocycles. The predicted octanol–water partition coefficient (Wildman–Crippen LogP) is 2.61. The van der Waals surface area contributed by atoms with Crippen LogP contribution < -0.4 is 5.32 Å². The quantitative estimate of drug-likeness (QED) is 0.781. The van der Waals surface area contributed by atoms with Crippen LogP contribution in [0.2, 0.25) is 0 Å². The van der Waals surface area contributed by atoms with Crippen molar-refractivity contribution in [3.8, 4) is 0 Å². The second-order valence-corrected chi connectivity index (χ2v) is 6.59. The molecule has 0 aromatic heterocycles. The van der Waals surface area contributed by atoms with Crippen LogP contribution in [0.5, 0.6) is 0 Å². The highest BCUT2D eigenvalue weighted by atomic mass is 16.6. The van der Waals surface area contributed by atoms with Crippen molar-refractivity contribution < 1.29 is 19.7 Å². The first-order chi connectivity index (χ1) is 10.1. The van der Waals surface area contributed by atoms with Crippen molar-refractivity contribution in [2.24, 2.45) is 0 Å². The van der Waals surface area contributed by atoms with E-state index in [1.807, 2.05) is 32.0 Å². The summed E-state index contributed by atoms with van der Waals surface area (Å²) < 4.78 is 5.10. The van der Waals surface area contributed by atoms with Gasteiger partial charge in [0.25, 0.3) is 0 Å². The largest absolute Gasteiger partial charge is 0.444 e. The van der Waals surface area contributed by atoms with Crippen LogP contribution in [-0.2, 0) is 4.74 Å². The van der Waals surface area contributed by atoms with Gasteiger partial charge in [-0.3, -0.25) is 0 Å². The number of hydrogen-bond donors (Lipinski definition) is 3. The highest BCUT2D eigenvalue weighted by Gasteiger charge is 2.21. The summed E-state index contributed by atoms with van der Waals surface area (Å²) in [6, 6.07) is 5.68. The maximum Gasteiger partial charge on any atom is 0.407 e. The number of rotatable bonds is 5. The topological polar surface area (TPSA) is 78.8 Å². The Bertz CT molecular complexity index is 508. The molecule has 124 valence electrons. The molecule has 0 saturated carbocycles. The minimum atomic E-state index is -0.971. The van der Waals surface area contributed by atoms with Gasteiger partial charge in [0.05, 0.1) is 6.10 Å². The van der Waals surface area contributed by atoms with Gasteiger partial charge >= 0.3 is 6.09 Å². The average Bonchev–Trinajstić information content (AvgIpc) is 2.35. The number of aliphatic hydroxyl groups excluding tert-OH is 2. The van der Waals surface area contributed by atoms with Crippen LogP contribution >= 0.6 is 0 Å². The third-order valence-electron chi connectivity index (χ3n) is 3.22. The summed E-state index contributed by atoms with van der Waals surface area (Å²) in [5.41, 5.74) is 2.19.